The van der Waals surface area contributed by atoms with Crippen LogP contribution >= 0.6 is 11.8 Å². The molecule has 192 valence electrons. The number of carbonyl (C=O) groups is 3. The van der Waals surface area contributed by atoms with Gasteiger partial charge in [-0.3, -0.25) is 14.4 Å². The fraction of sp³-hybridized carbons (Fsp3) is 0.400. The van der Waals surface area contributed by atoms with Crippen LogP contribution in [-0.4, -0.2) is 61.2 Å². The number of likely N-dealkylation sites (tertiary alicyclic amines) is 1. The molecule has 2 amide bonds. The molecule has 2 aliphatic heterocycles. The van der Waals surface area contributed by atoms with Gasteiger partial charge in [-0.25, -0.2) is 0 Å². The van der Waals surface area contributed by atoms with E-state index in [2.05, 4.69) is 6.07 Å². The first-order chi connectivity index (χ1) is 17.1. The number of hydrogen-bond donors (Lipinski definition) is 2. The van der Waals surface area contributed by atoms with Crippen molar-refractivity contribution in [2.45, 2.75) is 35.9 Å². The average Bonchev–Trinajstić information content (AvgIpc) is 3.23. The third-order valence-corrected chi connectivity index (χ3v) is 7.45. The van der Waals surface area contributed by atoms with Gasteiger partial charge in [0.15, 0.2) is 0 Å². The number of ketones is 1. The Kier molecular flexibility index (Phi) is 7.33. The second-order valence-corrected chi connectivity index (χ2v) is 9.83. The number of fused-ring (bicyclic) bond motifs is 2. The van der Waals surface area contributed by atoms with Gasteiger partial charge in [0.05, 0.1) is 13.2 Å². The number of Topliss-reactive ketones (excluding diaryl/α,β-unsaturated/α-hetero) is 1. The zero-order valence-corrected chi connectivity index (χ0v) is 20.4. The highest BCUT2D eigenvalue weighted by Gasteiger charge is 2.44. The van der Waals surface area contributed by atoms with Crippen LogP contribution in [0.25, 0.3) is 0 Å². The molecule has 0 aliphatic carbocycles. The monoisotopic (exact) mass is 521 g/mol. The van der Waals surface area contributed by atoms with Crippen LogP contribution < -0.4 is 15.8 Å². The number of piperidine rings is 1. The molecule has 11 heteroatoms. The summed E-state index contributed by atoms with van der Waals surface area (Å²) in [4.78, 5) is 39.2. The standard InChI is InChI=1S/C25H26F3N3O4S/c1-36-18-10-16(22(33)30-13-21(32)25(26,27)28)9-17(11-18)23(34)31-6-4-24(5-7-31)14-35-20-3-2-15(12-29)8-19(20)24/h2-3,8-11H,4-7,12-14,29H2,1H3,(H,30,33). The fourth-order valence-electron chi connectivity index (χ4n) is 4.61. The zero-order chi connectivity index (χ0) is 26.1. The summed E-state index contributed by atoms with van der Waals surface area (Å²) in [5.41, 5.74) is 8.04. The van der Waals surface area contributed by atoms with Crippen LogP contribution in [0.2, 0.25) is 0 Å². The van der Waals surface area contributed by atoms with Crippen LogP contribution in [0.4, 0.5) is 13.2 Å². The van der Waals surface area contributed by atoms with Crippen LogP contribution in [0, 0.1) is 0 Å². The van der Waals surface area contributed by atoms with Gasteiger partial charge >= 0.3 is 6.18 Å². The molecule has 2 aliphatic rings. The van der Waals surface area contributed by atoms with Crippen molar-refractivity contribution in [3.8, 4) is 5.75 Å². The van der Waals surface area contributed by atoms with Crippen LogP contribution in [0.5, 0.6) is 5.75 Å². The first kappa shape index (κ1) is 26.0. The first-order valence-corrected chi connectivity index (χ1v) is 12.6. The number of thioether (sulfide) groups is 1. The lowest BCUT2D eigenvalue weighted by atomic mass is 9.74. The Labute approximate surface area is 210 Å². The van der Waals surface area contributed by atoms with Gasteiger partial charge in [0.1, 0.15) is 5.75 Å². The van der Waals surface area contributed by atoms with Gasteiger partial charge in [-0.2, -0.15) is 13.2 Å². The highest BCUT2D eigenvalue weighted by atomic mass is 32.2. The summed E-state index contributed by atoms with van der Waals surface area (Å²) in [5.74, 6) is -2.33. The quantitative estimate of drug-likeness (QED) is 0.566. The van der Waals surface area contributed by atoms with E-state index >= 15 is 0 Å². The molecule has 1 fully saturated rings. The van der Waals surface area contributed by atoms with E-state index in [1.807, 2.05) is 17.4 Å². The molecule has 0 bridgehead atoms. The van der Waals surface area contributed by atoms with Crippen molar-refractivity contribution >= 4 is 29.4 Å². The lowest BCUT2D eigenvalue weighted by Crippen LogP contribution is -2.46. The van der Waals surface area contributed by atoms with Crippen molar-refractivity contribution in [3.63, 3.8) is 0 Å². The van der Waals surface area contributed by atoms with Crippen molar-refractivity contribution in [1.82, 2.24) is 10.2 Å². The summed E-state index contributed by atoms with van der Waals surface area (Å²) in [6, 6.07) is 10.4. The number of alkyl halides is 3. The molecule has 0 radical (unpaired) electrons. The van der Waals surface area contributed by atoms with E-state index in [1.54, 1.807) is 17.2 Å². The van der Waals surface area contributed by atoms with Crippen molar-refractivity contribution in [3.05, 3.63) is 58.7 Å². The van der Waals surface area contributed by atoms with Crippen LogP contribution in [0.15, 0.2) is 41.3 Å². The molecule has 0 unspecified atom stereocenters. The number of carbonyl (C=O) groups excluding carboxylic acids is 3. The van der Waals surface area contributed by atoms with Gasteiger partial charge in [-0.05, 0) is 48.9 Å². The number of nitrogens with one attached hydrogen (secondary N) is 1. The topological polar surface area (TPSA) is 102 Å². The molecule has 1 saturated heterocycles. The van der Waals surface area contributed by atoms with Gasteiger partial charge < -0.3 is 20.7 Å². The van der Waals surface area contributed by atoms with E-state index in [4.69, 9.17) is 10.5 Å². The summed E-state index contributed by atoms with van der Waals surface area (Å²) in [6.07, 6.45) is -1.86. The van der Waals surface area contributed by atoms with Gasteiger partial charge in [-0.15, -0.1) is 11.8 Å². The summed E-state index contributed by atoms with van der Waals surface area (Å²) >= 11 is 1.29. The van der Waals surface area contributed by atoms with Crippen molar-refractivity contribution in [2.24, 2.45) is 5.73 Å². The Hall–Kier alpha value is -3.05. The number of rotatable bonds is 6. The second kappa shape index (κ2) is 10.1. The summed E-state index contributed by atoms with van der Waals surface area (Å²) in [5, 5.41) is 1.99. The summed E-state index contributed by atoms with van der Waals surface area (Å²) in [7, 11) is 0. The number of hydrogen-bond acceptors (Lipinski definition) is 6. The largest absolute Gasteiger partial charge is 0.492 e. The molecule has 2 aromatic rings. The first-order valence-electron chi connectivity index (χ1n) is 11.4. The average molecular weight is 522 g/mol. The minimum absolute atomic E-state index is 0.0149. The molecular weight excluding hydrogens is 495 g/mol. The van der Waals surface area contributed by atoms with E-state index in [9.17, 15) is 27.6 Å². The van der Waals surface area contributed by atoms with Gasteiger partial charge in [0.2, 0.25) is 0 Å². The molecule has 7 nitrogen and oxygen atoms in total. The third-order valence-electron chi connectivity index (χ3n) is 6.74. The van der Waals surface area contributed by atoms with E-state index in [0.29, 0.717) is 44.0 Å². The van der Waals surface area contributed by atoms with E-state index in [0.717, 1.165) is 16.9 Å². The minimum atomic E-state index is -5.03. The number of halogens is 3. The molecule has 36 heavy (non-hydrogen) atoms. The Bertz CT molecular complexity index is 1190. The molecule has 2 aromatic carbocycles. The molecule has 1 spiro atoms. The van der Waals surface area contributed by atoms with E-state index < -0.39 is 24.4 Å². The Morgan fingerprint density at radius 1 is 1.11 bits per heavy atom. The number of amides is 2. The van der Waals surface area contributed by atoms with E-state index in [1.165, 1.54) is 23.9 Å². The molecule has 4 rings (SSSR count). The Balaban J connectivity index is 1.47. The lowest BCUT2D eigenvalue weighted by molar-refractivity contribution is -0.169. The molecule has 0 atom stereocenters. The maximum Gasteiger partial charge on any atom is 0.451 e. The van der Waals surface area contributed by atoms with Gasteiger partial charge in [0, 0.05) is 46.6 Å². The molecule has 0 saturated carbocycles. The zero-order valence-electron chi connectivity index (χ0n) is 19.6. The third kappa shape index (κ3) is 5.22. The molecule has 2 heterocycles. The van der Waals surface area contributed by atoms with Gasteiger partial charge in [-0.1, -0.05) is 12.1 Å². The number of benzene rings is 2. The smallest absolute Gasteiger partial charge is 0.451 e. The highest BCUT2D eigenvalue weighted by Crippen LogP contribution is 2.46. The predicted octanol–water partition coefficient (Wildman–Crippen LogP) is 3.29. The normalized spacial score (nSPS) is 16.4. The number of nitrogens with two attached hydrogens (primary N) is 1. The van der Waals surface area contributed by atoms with E-state index in [-0.39, 0.29) is 22.4 Å². The molecular formula is C25H26F3N3O4S. The Morgan fingerprint density at radius 3 is 2.44 bits per heavy atom. The van der Waals surface area contributed by atoms with Crippen LogP contribution in [0.1, 0.15) is 44.7 Å². The highest BCUT2D eigenvalue weighted by molar-refractivity contribution is 7.98. The van der Waals surface area contributed by atoms with Crippen molar-refractivity contribution in [1.29, 1.82) is 0 Å². The molecule has 0 aromatic heterocycles. The molecule has 3 N–H and O–H groups in total. The summed E-state index contributed by atoms with van der Waals surface area (Å²) < 4.78 is 43.3. The maximum absolute atomic E-state index is 13.3. The van der Waals surface area contributed by atoms with Crippen molar-refractivity contribution < 1.29 is 32.3 Å². The fourth-order valence-corrected chi connectivity index (χ4v) is 5.10. The Morgan fingerprint density at radius 2 is 1.81 bits per heavy atom. The van der Waals surface area contributed by atoms with Crippen molar-refractivity contribution in [2.75, 3.05) is 32.5 Å². The lowest BCUT2D eigenvalue weighted by Gasteiger charge is -2.38. The van der Waals surface area contributed by atoms with Crippen LogP contribution in [-0.2, 0) is 16.8 Å². The maximum atomic E-state index is 13.3. The van der Waals surface area contributed by atoms with Gasteiger partial charge in [0.25, 0.3) is 17.6 Å². The SMILES string of the molecule is CSc1cc(C(=O)NCC(=O)C(F)(F)F)cc(C(=O)N2CCC3(CC2)COc2ccc(CN)cc23)c1. The number of nitrogens with zero attached hydrogens (tertiary/aromatic N) is 1. The predicted molar refractivity (Wildman–Crippen MR) is 128 cm³/mol. The van der Waals surface area contributed by atoms with Crippen LogP contribution in [0.3, 0.4) is 0 Å². The minimum Gasteiger partial charge on any atom is -0.492 e. The summed E-state index contributed by atoms with van der Waals surface area (Å²) in [6.45, 7) is 0.777. The second-order valence-electron chi connectivity index (χ2n) is 8.95. The number of ether oxygens (including phenoxy) is 1.